The molecule has 0 spiro atoms. The number of hydrogen-bond donors (Lipinski definition) is 1. The molecule has 0 aliphatic carbocycles. The van der Waals surface area contributed by atoms with Crippen molar-refractivity contribution in [2.45, 2.75) is 102 Å². The van der Waals surface area contributed by atoms with Crippen molar-refractivity contribution in [3.05, 3.63) is 101 Å². The van der Waals surface area contributed by atoms with Crippen LogP contribution in [-0.2, 0) is 43.3 Å². The van der Waals surface area contributed by atoms with Gasteiger partial charge >= 0.3 is 12.1 Å². The van der Waals surface area contributed by atoms with Gasteiger partial charge in [0.1, 0.15) is 29.8 Å². The number of nitrogens with zero attached hydrogens (tertiary/aromatic N) is 4. The molecule has 0 saturated carbocycles. The molecule has 266 valence electrons. The van der Waals surface area contributed by atoms with Crippen LogP contribution in [0.3, 0.4) is 0 Å². The van der Waals surface area contributed by atoms with Gasteiger partial charge in [-0.05, 0) is 74.8 Å². The Kier molecular flexibility index (Phi) is 9.07. The van der Waals surface area contributed by atoms with Crippen LogP contribution in [0.4, 0.5) is 10.5 Å². The Balaban J connectivity index is 1.26. The number of ether oxygens (including phenoxy) is 1. The zero-order valence-corrected chi connectivity index (χ0v) is 29.2. The van der Waals surface area contributed by atoms with Crippen LogP contribution in [0.25, 0.3) is 0 Å². The van der Waals surface area contributed by atoms with Gasteiger partial charge in [-0.15, -0.1) is 0 Å². The molecule has 0 aromatic heterocycles. The second-order valence-corrected chi connectivity index (χ2v) is 14.9. The van der Waals surface area contributed by atoms with Gasteiger partial charge in [-0.1, -0.05) is 72.8 Å². The van der Waals surface area contributed by atoms with Crippen LogP contribution in [0.5, 0.6) is 0 Å². The number of amides is 4. The van der Waals surface area contributed by atoms with Gasteiger partial charge in [-0.3, -0.25) is 19.3 Å². The third-order valence-corrected chi connectivity index (χ3v) is 10.6. The zero-order valence-electron chi connectivity index (χ0n) is 29.2. The highest BCUT2D eigenvalue weighted by atomic mass is 16.6. The molecule has 1 N–H and O–H groups in total. The van der Waals surface area contributed by atoms with E-state index in [-0.39, 0.29) is 37.1 Å². The fourth-order valence-corrected chi connectivity index (χ4v) is 8.30. The number of hydrogen-bond acceptors (Lipinski definition) is 6. The van der Waals surface area contributed by atoms with Gasteiger partial charge in [0, 0.05) is 25.9 Å². The maximum absolute atomic E-state index is 15.1. The first-order valence-electron chi connectivity index (χ1n) is 17.8. The Morgan fingerprint density at radius 2 is 1.29 bits per heavy atom. The average molecular weight is 693 g/mol. The Bertz CT molecular complexity index is 1860. The van der Waals surface area contributed by atoms with Gasteiger partial charge < -0.3 is 24.5 Å². The molecular weight excluding hydrogens is 648 g/mol. The highest BCUT2D eigenvalue weighted by Crippen LogP contribution is 2.42. The second-order valence-electron chi connectivity index (χ2n) is 14.9. The summed E-state index contributed by atoms with van der Waals surface area (Å²) in [6, 6.07) is 20.5. The number of carbonyl (C=O) groups is 5. The normalized spacial score (nSPS) is 24.3. The largest absolute Gasteiger partial charge is 0.480 e. The molecule has 0 bridgehead atoms. The molecule has 4 amide bonds. The SMILES string of the molecule is CC(C)(C)OC(=O)N1c2ccccc2C[C@@H]1C(=O)N1[C@@H](c2ccccc2)CC[C@H]1C(=O)N1Cc2ccccc2C[C@@H]1C(=O)N1CCC[C@@H]1C(=O)O. The average Bonchev–Trinajstić information content (AvgIpc) is 3.87. The summed E-state index contributed by atoms with van der Waals surface area (Å²) >= 11 is 0. The number of carboxylic acid groups (broad SMARTS) is 1. The van der Waals surface area contributed by atoms with Crippen molar-refractivity contribution >= 4 is 35.5 Å². The summed E-state index contributed by atoms with van der Waals surface area (Å²) in [5, 5.41) is 9.91. The van der Waals surface area contributed by atoms with Gasteiger partial charge in [0.2, 0.25) is 17.7 Å². The van der Waals surface area contributed by atoms with Crippen LogP contribution in [0.2, 0.25) is 0 Å². The zero-order chi connectivity index (χ0) is 36.0. The van der Waals surface area contributed by atoms with E-state index >= 15 is 9.59 Å². The lowest BCUT2D eigenvalue weighted by Gasteiger charge is -2.42. The van der Waals surface area contributed by atoms with E-state index in [4.69, 9.17) is 4.74 Å². The molecule has 11 heteroatoms. The van der Waals surface area contributed by atoms with Crippen LogP contribution in [0.1, 0.15) is 74.8 Å². The number of rotatable bonds is 5. The van der Waals surface area contributed by atoms with Crippen molar-refractivity contribution in [2.24, 2.45) is 0 Å². The second kappa shape index (κ2) is 13.5. The molecule has 4 aliphatic heterocycles. The number of aliphatic carboxylic acids is 1. The third-order valence-electron chi connectivity index (χ3n) is 10.6. The summed E-state index contributed by atoms with van der Waals surface area (Å²) in [5.41, 5.74) is 3.34. The number of anilines is 1. The minimum absolute atomic E-state index is 0.157. The minimum Gasteiger partial charge on any atom is -0.480 e. The van der Waals surface area contributed by atoms with Crippen molar-refractivity contribution in [2.75, 3.05) is 11.4 Å². The quantitative estimate of drug-likeness (QED) is 0.394. The molecule has 2 fully saturated rings. The van der Waals surface area contributed by atoms with E-state index in [9.17, 15) is 19.5 Å². The van der Waals surface area contributed by atoms with E-state index in [1.807, 2.05) is 72.8 Å². The molecule has 4 aliphatic rings. The van der Waals surface area contributed by atoms with E-state index in [0.717, 1.165) is 22.3 Å². The number of benzene rings is 3. The van der Waals surface area contributed by atoms with Crippen molar-refractivity contribution in [3.63, 3.8) is 0 Å². The number of likely N-dealkylation sites (tertiary alicyclic amines) is 2. The Morgan fingerprint density at radius 3 is 2.00 bits per heavy atom. The Labute approximate surface area is 297 Å². The smallest absolute Gasteiger partial charge is 0.415 e. The lowest BCUT2D eigenvalue weighted by Crippen LogP contribution is -2.60. The minimum atomic E-state index is -1.06. The highest BCUT2D eigenvalue weighted by Gasteiger charge is 2.51. The Hall–Kier alpha value is -5.19. The van der Waals surface area contributed by atoms with Crippen LogP contribution in [0.15, 0.2) is 78.9 Å². The first-order chi connectivity index (χ1) is 24.4. The van der Waals surface area contributed by atoms with Crippen LogP contribution in [-0.4, -0.2) is 85.9 Å². The maximum Gasteiger partial charge on any atom is 0.415 e. The number of fused-ring (bicyclic) bond motifs is 2. The van der Waals surface area contributed by atoms with Gasteiger partial charge in [-0.2, -0.15) is 0 Å². The lowest BCUT2D eigenvalue weighted by atomic mass is 9.92. The summed E-state index contributed by atoms with van der Waals surface area (Å²) in [6.45, 7) is 5.80. The van der Waals surface area contributed by atoms with Crippen molar-refractivity contribution in [3.8, 4) is 0 Å². The number of carbonyl (C=O) groups excluding carboxylic acids is 4. The van der Waals surface area contributed by atoms with Crippen LogP contribution >= 0.6 is 0 Å². The predicted molar refractivity (Wildman–Crippen MR) is 189 cm³/mol. The first kappa shape index (κ1) is 34.3. The molecule has 7 rings (SSSR count). The molecule has 51 heavy (non-hydrogen) atoms. The third kappa shape index (κ3) is 6.45. The molecular formula is C40H44N4O7. The number of para-hydroxylation sites is 1. The van der Waals surface area contributed by atoms with Gasteiger partial charge in [0.15, 0.2) is 0 Å². The van der Waals surface area contributed by atoms with Crippen molar-refractivity contribution in [1.82, 2.24) is 14.7 Å². The summed E-state index contributed by atoms with van der Waals surface area (Å²) in [4.78, 5) is 76.3. The summed E-state index contributed by atoms with van der Waals surface area (Å²) < 4.78 is 5.81. The van der Waals surface area contributed by atoms with Crippen molar-refractivity contribution in [1.29, 1.82) is 0 Å². The van der Waals surface area contributed by atoms with E-state index in [1.165, 1.54) is 9.80 Å². The number of carboxylic acids is 1. The lowest BCUT2D eigenvalue weighted by molar-refractivity contribution is -0.156. The molecule has 3 aromatic rings. The molecule has 11 nitrogen and oxygen atoms in total. The van der Waals surface area contributed by atoms with Gasteiger partial charge in [0.05, 0.1) is 11.7 Å². The maximum atomic E-state index is 15.1. The van der Waals surface area contributed by atoms with E-state index < -0.39 is 47.9 Å². The van der Waals surface area contributed by atoms with E-state index in [0.29, 0.717) is 37.9 Å². The van der Waals surface area contributed by atoms with Gasteiger partial charge in [0.25, 0.3) is 0 Å². The summed E-state index contributed by atoms with van der Waals surface area (Å²) in [7, 11) is 0. The molecule has 3 aromatic carbocycles. The first-order valence-corrected chi connectivity index (χ1v) is 17.8. The summed E-state index contributed by atoms with van der Waals surface area (Å²) in [6.07, 6.45) is 1.67. The van der Waals surface area contributed by atoms with Crippen LogP contribution in [0, 0.1) is 0 Å². The predicted octanol–water partition coefficient (Wildman–Crippen LogP) is 5.11. The fraction of sp³-hybridized carbons (Fsp3) is 0.425. The van der Waals surface area contributed by atoms with Gasteiger partial charge in [-0.25, -0.2) is 9.59 Å². The molecule has 0 unspecified atom stereocenters. The Morgan fingerprint density at radius 1 is 0.667 bits per heavy atom. The van der Waals surface area contributed by atoms with Crippen LogP contribution < -0.4 is 4.90 Å². The molecule has 0 radical (unpaired) electrons. The molecule has 2 saturated heterocycles. The summed E-state index contributed by atoms with van der Waals surface area (Å²) in [5.74, 6) is -2.17. The topological polar surface area (TPSA) is 128 Å². The van der Waals surface area contributed by atoms with E-state index in [2.05, 4.69) is 0 Å². The standard InChI is InChI=1S/C40H44N4O7/c1-40(2,3)51-39(50)44-29-17-10-9-15-27(29)23-34(44)37(47)43-30(25-12-5-4-6-13-25)19-20-31(43)35(45)42-24-28-16-8-7-14-26(28)22-33(42)36(46)41-21-11-18-32(41)38(48)49/h4-10,12-17,30-34H,11,18-24H2,1-3H3,(H,48,49)/t30-,31+,32-,33-,34-/m1/s1. The fourth-order valence-electron chi connectivity index (χ4n) is 8.30. The van der Waals surface area contributed by atoms with Crippen molar-refractivity contribution < 1.29 is 33.8 Å². The molecule has 5 atom stereocenters. The molecule has 4 heterocycles. The van der Waals surface area contributed by atoms with E-state index in [1.54, 1.807) is 36.6 Å². The monoisotopic (exact) mass is 692 g/mol. The highest BCUT2D eigenvalue weighted by molar-refractivity contribution is 6.02.